The van der Waals surface area contributed by atoms with Gasteiger partial charge in [0.05, 0.1) is 0 Å². The van der Waals surface area contributed by atoms with Gasteiger partial charge in [0.25, 0.3) is 0 Å². The van der Waals surface area contributed by atoms with Crippen LogP contribution in [0.3, 0.4) is 0 Å². The van der Waals surface area contributed by atoms with Crippen LogP contribution in [0.5, 0.6) is 0 Å². The molecule has 1 aromatic heterocycles. The van der Waals surface area contributed by atoms with E-state index in [4.69, 9.17) is 0 Å². The molecule has 2 nitrogen and oxygen atoms in total. The van der Waals surface area contributed by atoms with Gasteiger partial charge >= 0.3 is 0 Å². The Morgan fingerprint density at radius 3 is 2.35 bits per heavy atom. The highest BCUT2D eigenvalue weighted by Gasteiger charge is 2.25. The van der Waals surface area contributed by atoms with E-state index in [0.29, 0.717) is 0 Å². The van der Waals surface area contributed by atoms with Gasteiger partial charge in [0.2, 0.25) is 0 Å². The molecule has 1 atom stereocenters. The molecule has 2 heteroatoms. The first-order valence-corrected chi connectivity index (χ1v) is 5.72. The minimum atomic E-state index is -0.995. The maximum atomic E-state index is 10.7. The largest absolute Gasteiger partial charge is 0.381 e. The van der Waals surface area contributed by atoms with Crippen molar-refractivity contribution in [3.8, 4) is 0 Å². The third kappa shape index (κ3) is 2.37. The van der Waals surface area contributed by atoms with Gasteiger partial charge in [-0.1, -0.05) is 29.8 Å². The molecule has 0 amide bonds. The fraction of sp³-hybridized carbons (Fsp3) is 0.267. The van der Waals surface area contributed by atoms with Gasteiger partial charge in [-0.2, -0.15) is 0 Å². The summed E-state index contributed by atoms with van der Waals surface area (Å²) in [7, 11) is 0. The summed E-state index contributed by atoms with van der Waals surface area (Å²) in [4.78, 5) is 4.14. The normalized spacial score (nSPS) is 14.4. The van der Waals surface area contributed by atoms with Crippen molar-refractivity contribution in [2.24, 2.45) is 0 Å². The van der Waals surface area contributed by atoms with Gasteiger partial charge in [-0.25, -0.2) is 0 Å². The molecule has 0 spiro atoms. The number of pyridine rings is 1. The van der Waals surface area contributed by atoms with Gasteiger partial charge in [0.1, 0.15) is 5.60 Å². The number of aryl methyl sites for hydroxylation is 2. The Labute approximate surface area is 102 Å². The van der Waals surface area contributed by atoms with Crippen molar-refractivity contribution in [1.29, 1.82) is 0 Å². The van der Waals surface area contributed by atoms with Crippen LogP contribution >= 0.6 is 0 Å². The maximum absolute atomic E-state index is 10.7. The molecule has 0 fully saturated rings. The Kier molecular flexibility index (Phi) is 2.99. The second-order valence-corrected chi connectivity index (χ2v) is 4.69. The molecule has 0 saturated heterocycles. The summed E-state index contributed by atoms with van der Waals surface area (Å²) < 4.78 is 0. The van der Waals surface area contributed by atoms with Crippen LogP contribution in [-0.2, 0) is 5.60 Å². The quantitative estimate of drug-likeness (QED) is 0.855. The molecule has 2 rings (SSSR count). The molecular weight excluding hydrogens is 210 g/mol. The van der Waals surface area contributed by atoms with Crippen molar-refractivity contribution in [3.63, 3.8) is 0 Å². The van der Waals surface area contributed by atoms with E-state index in [1.165, 1.54) is 0 Å². The van der Waals surface area contributed by atoms with E-state index in [1.54, 1.807) is 19.3 Å². The van der Waals surface area contributed by atoms with Crippen LogP contribution in [0.2, 0.25) is 0 Å². The minimum absolute atomic E-state index is 0.822. The second kappa shape index (κ2) is 4.30. The lowest BCUT2D eigenvalue weighted by molar-refractivity contribution is 0.102. The summed E-state index contributed by atoms with van der Waals surface area (Å²) in [5.74, 6) is 0. The minimum Gasteiger partial charge on any atom is -0.381 e. The highest BCUT2D eigenvalue weighted by atomic mass is 16.3. The average Bonchev–Trinajstić information content (AvgIpc) is 2.29. The van der Waals surface area contributed by atoms with E-state index >= 15 is 0 Å². The van der Waals surface area contributed by atoms with Crippen molar-refractivity contribution >= 4 is 0 Å². The highest BCUT2D eigenvalue weighted by Crippen LogP contribution is 2.29. The number of rotatable bonds is 2. The van der Waals surface area contributed by atoms with Crippen molar-refractivity contribution in [2.75, 3.05) is 0 Å². The smallest absolute Gasteiger partial charge is 0.113 e. The predicted molar refractivity (Wildman–Crippen MR) is 68.8 cm³/mol. The third-order valence-electron chi connectivity index (χ3n) is 3.02. The molecule has 0 aliphatic rings. The molecule has 0 bridgehead atoms. The van der Waals surface area contributed by atoms with Crippen molar-refractivity contribution in [3.05, 3.63) is 65.0 Å². The van der Waals surface area contributed by atoms with E-state index in [1.807, 2.05) is 44.2 Å². The molecule has 1 heterocycles. The monoisotopic (exact) mass is 227 g/mol. The van der Waals surface area contributed by atoms with E-state index < -0.39 is 5.60 Å². The zero-order chi connectivity index (χ0) is 12.5. The zero-order valence-electron chi connectivity index (χ0n) is 10.4. The first kappa shape index (κ1) is 11.8. The molecular formula is C15H17NO. The zero-order valence-corrected chi connectivity index (χ0v) is 10.4. The molecule has 0 aliphatic carbocycles. The van der Waals surface area contributed by atoms with E-state index in [2.05, 4.69) is 4.98 Å². The van der Waals surface area contributed by atoms with Crippen molar-refractivity contribution < 1.29 is 5.11 Å². The van der Waals surface area contributed by atoms with Crippen LogP contribution in [0, 0.1) is 13.8 Å². The standard InChI is InChI=1S/C15H17NO/c1-11-5-4-6-13(7-11)15(3,17)14-8-12(2)9-16-10-14/h4-10,17H,1-3H3. The van der Waals surface area contributed by atoms with Gasteiger partial charge in [0, 0.05) is 18.0 Å². The predicted octanol–water partition coefficient (Wildman–Crippen LogP) is 2.95. The Balaban J connectivity index is 2.49. The Bertz CT molecular complexity index is 484. The molecule has 1 aromatic carbocycles. The van der Waals surface area contributed by atoms with Gasteiger partial charge in [-0.05, 0) is 38.0 Å². The summed E-state index contributed by atoms with van der Waals surface area (Å²) in [6, 6.07) is 9.89. The van der Waals surface area contributed by atoms with Crippen molar-refractivity contribution in [1.82, 2.24) is 4.98 Å². The molecule has 0 aliphatic heterocycles. The summed E-state index contributed by atoms with van der Waals surface area (Å²) in [6.07, 6.45) is 3.51. The Hall–Kier alpha value is -1.67. The number of nitrogens with zero attached hydrogens (tertiary/aromatic N) is 1. The number of hydrogen-bond acceptors (Lipinski definition) is 2. The van der Waals surface area contributed by atoms with E-state index in [-0.39, 0.29) is 0 Å². The third-order valence-corrected chi connectivity index (χ3v) is 3.02. The van der Waals surface area contributed by atoms with Crippen LogP contribution in [-0.4, -0.2) is 10.1 Å². The summed E-state index contributed by atoms with van der Waals surface area (Å²) in [5.41, 5.74) is 2.91. The molecule has 0 saturated carbocycles. The fourth-order valence-electron chi connectivity index (χ4n) is 1.94. The lowest BCUT2D eigenvalue weighted by atomic mass is 9.88. The van der Waals surface area contributed by atoms with Crippen molar-refractivity contribution in [2.45, 2.75) is 26.4 Å². The molecule has 2 aromatic rings. The molecule has 0 radical (unpaired) electrons. The first-order valence-electron chi connectivity index (χ1n) is 5.72. The van der Waals surface area contributed by atoms with Crippen LogP contribution < -0.4 is 0 Å². The number of benzene rings is 1. The topological polar surface area (TPSA) is 33.1 Å². The van der Waals surface area contributed by atoms with E-state index in [0.717, 1.165) is 22.3 Å². The van der Waals surface area contributed by atoms with E-state index in [9.17, 15) is 5.11 Å². The molecule has 1 unspecified atom stereocenters. The lowest BCUT2D eigenvalue weighted by Gasteiger charge is -2.24. The fourth-order valence-corrected chi connectivity index (χ4v) is 1.94. The van der Waals surface area contributed by atoms with Gasteiger partial charge < -0.3 is 5.11 Å². The Morgan fingerprint density at radius 1 is 1.00 bits per heavy atom. The van der Waals surface area contributed by atoms with Gasteiger partial charge in [-0.3, -0.25) is 4.98 Å². The molecule has 17 heavy (non-hydrogen) atoms. The van der Waals surface area contributed by atoms with Crippen LogP contribution in [0.15, 0.2) is 42.7 Å². The van der Waals surface area contributed by atoms with Crippen LogP contribution in [0.1, 0.15) is 29.2 Å². The molecule has 1 N–H and O–H groups in total. The molecule has 88 valence electrons. The SMILES string of the molecule is Cc1cccc(C(C)(O)c2cncc(C)c2)c1. The van der Waals surface area contributed by atoms with Crippen LogP contribution in [0.4, 0.5) is 0 Å². The second-order valence-electron chi connectivity index (χ2n) is 4.69. The summed E-state index contributed by atoms with van der Waals surface area (Å²) >= 11 is 0. The van der Waals surface area contributed by atoms with Crippen LogP contribution in [0.25, 0.3) is 0 Å². The Morgan fingerprint density at radius 2 is 1.71 bits per heavy atom. The number of aromatic nitrogens is 1. The maximum Gasteiger partial charge on any atom is 0.113 e. The average molecular weight is 227 g/mol. The number of aliphatic hydroxyl groups is 1. The number of hydrogen-bond donors (Lipinski definition) is 1. The van der Waals surface area contributed by atoms with Gasteiger partial charge in [-0.15, -0.1) is 0 Å². The first-order chi connectivity index (χ1) is 8.00. The summed E-state index contributed by atoms with van der Waals surface area (Å²) in [5, 5.41) is 10.7. The lowest BCUT2D eigenvalue weighted by Crippen LogP contribution is -2.23. The summed E-state index contributed by atoms with van der Waals surface area (Å²) in [6.45, 7) is 5.80. The van der Waals surface area contributed by atoms with Gasteiger partial charge in [0.15, 0.2) is 0 Å². The highest BCUT2D eigenvalue weighted by molar-refractivity contribution is 5.36.